The Morgan fingerprint density at radius 3 is 2.50 bits per heavy atom. The molecule has 0 spiro atoms. The van der Waals surface area contributed by atoms with Gasteiger partial charge in [0, 0.05) is 18.8 Å². The van der Waals surface area contributed by atoms with Crippen molar-refractivity contribution < 1.29 is 18.7 Å². The maximum absolute atomic E-state index is 13.6. The summed E-state index contributed by atoms with van der Waals surface area (Å²) in [4.78, 5) is 25.4. The Hall–Kier alpha value is -3.15. The predicted octanol–water partition coefficient (Wildman–Crippen LogP) is 3.25. The standard InChI is InChI=1S/C20H21FN2O3/c1-14-4-8-16(9-5-14)22-19(24)13-23(2)20(25)11-7-15-6-10-18(26-3)17(21)12-15/h4-12H,13H2,1-3H3,(H,22,24)/b11-7+. The van der Waals surface area contributed by atoms with E-state index in [1.807, 2.05) is 19.1 Å². The van der Waals surface area contributed by atoms with Crippen LogP contribution in [0.4, 0.5) is 10.1 Å². The van der Waals surface area contributed by atoms with Crippen LogP contribution >= 0.6 is 0 Å². The Morgan fingerprint density at radius 2 is 1.88 bits per heavy atom. The third-order valence-electron chi connectivity index (χ3n) is 3.69. The molecule has 136 valence electrons. The van der Waals surface area contributed by atoms with E-state index < -0.39 is 5.82 Å². The minimum Gasteiger partial charge on any atom is -0.494 e. The number of nitrogens with one attached hydrogen (secondary N) is 1. The highest BCUT2D eigenvalue weighted by atomic mass is 19.1. The third-order valence-corrected chi connectivity index (χ3v) is 3.69. The molecule has 0 aromatic heterocycles. The zero-order valence-corrected chi connectivity index (χ0v) is 15.0. The summed E-state index contributed by atoms with van der Waals surface area (Å²) in [7, 11) is 2.91. The second-order valence-corrected chi connectivity index (χ2v) is 5.84. The average Bonchev–Trinajstić information content (AvgIpc) is 2.61. The van der Waals surface area contributed by atoms with Gasteiger partial charge in [-0.1, -0.05) is 23.8 Å². The number of methoxy groups -OCH3 is 1. The molecule has 26 heavy (non-hydrogen) atoms. The number of nitrogens with zero attached hydrogens (tertiary/aromatic N) is 1. The molecule has 0 aliphatic rings. The number of benzene rings is 2. The number of rotatable bonds is 6. The molecule has 0 heterocycles. The number of anilines is 1. The van der Waals surface area contributed by atoms with Crippen molar-refractivity contribution in [2.45, 2.75) is 6.92 Å². The molecule has 2 aromatic rings. The van der Waals surface area contributed by atoms with Crippen molar-refractivity contribution in [2.75, 3.05) is 26.0 Å². The lowest BCUT2D eigenvalue weighted by Crippen LogP contribution is -2.33. The summed E-state index contributed by atoms with van der Waals surface area (Å²) in [5, 5.41) is 2.73. The van der Waals surface area contributed by atoms with Crippen LogP contribution < -0.4 is 10.1 Å². The molecule has 0 radical (unpaired) electrons. The largest absolute Gasteiger partial charge is 0.494 e. The monoisotopic (exact) mass is 356 g/mol. The van der Waals surface area contributed by atoms with Crippen molar-refractivity contribution in [3.05, 3.63) is 65.5 Å². The molecular formula is C20H21FN2O3. The molecule has 0 aliphatic carbocycles. The van der Waals surface area contributed by atoms with Crippen molar-refractivity contribution in [1.82, 2.24) is 4.90 Å². The first-order valence-corrected chi connectivity index (χ1v) is 8.02. The third kappa shape index (κ3) is 5.44. The number of carbonyl (C=O) groups is 2. The van der Waals surface area contributed by atoms with Crippen molar-refractivity contribution >= 4 is 23.6 Å². The number of likely N-dealkylation sites (N-methyl/N-ethyl adjacent to an activating group) is 1. The molecule has 6 heteroatoms. The molecule has 0 saturated heterocycles. The SMILES string of the molecule is COc1ccc(/C=C/C(=O)N(C)CC(=O)Nc2ccc(C)cc2)cc1F. The van der Waals surface area contributed by atoms with E-state index in [9.17, 15) is 14.0 Å². The van der Waals surface area contributed by atoms with E-state index in [0.29, 0.717) is 11.3 Å². The molecule has 0 fully saturated rings. The van der Waals surface area contributed by atoms with E-state index in [1.54, 1.807) is 18.2 Å². The van der Waals surface area contributed by atoms with Gasteiger partial charge in [0.15, 0.2) is 11.6 Å². The number of aryl methyl sites for hydroxylation is 1. The lowest BCUT2D eigenvalue weighted by molar-refractivity contribution is -0.129. The first-order chi connectivity index (χ1) is 12.4. The Bertz CT molecular complexity index is 816. The van der Waals surface area contributed by atoms with Gasteiger partial charge in [0.1, 0.15) is 0 Å². The van der Waals surface area contributed by atoms with Gasteiger partial charge in [-0.3, -0.25) is 9.59 Å². The first kappa shape index (κ1) is 19.2. The molecule has 5 nitrogen and oxygen atoms in total. The van der Waals surface area contributed by atoms with E-state index >= 15 is 0 Å². The quantitative estimate of drug-likeness (QED) is 0.809. The highest BCUT2D eigenvalue weighted by Gasteiger charge is 2.11. The van der Waals surface area contributed by atoms with Gasteiger partial charge in [0.05, 0.1) is 13.7 Å². The molecule has 2 aromatic carbocycles. The van der Waals surface area contributed by atoms with Crippen molar-refractivity contribution in [1.29, 1.82) is 0 Å². The molecule has 2 amide bonds. The van der Waals surface area contributed by atoms with E-state index in [-0.39, 0.29) is 24.1 Å². The molecule has 0 saturated carbocycles. The summed E-state index contributed by atoms with van der Waals surface area (Å²) in [5.41, 5.74) is 2.29. The van der Waals surface area contributed by atoms with E-state index in [0.717, 1.165) is 5.56 Å². The average molecular weight is 356 g/mol. The lowest BCUT2D eigenvalue weighted by atomic mass is 10.2. The molecule has 0 unspecified atom stereocenters. The molecule has 0 atom stereocenters. The Morgan fingerprint density at radius 1 is 1.19 bits per heavy atom. The van der Waals surface area contributed by atoms with Crippen LogP contribution in [0.1, 0.15) is 11.1 Å². The summed E-state index contributed by atoms with van der Waals surface area (Å²) in [6.07, 6.45) is 2.78. The molecule has 2 rings (SSSR count). The number of amides is 2. The molecule has 0 aliphatic heterocycles. The van der Waals surface area contributed by atoms with Crippen molar-refractivity contribution in [3.8, 4) is 5.75 Å². The predicted molar refractivity (Wildman–Crippen MR) is 99.4 cm³/mol. The second kappa shape index (κ2) is 8.80. The van der Waals surface area contributed by atoms with Crippen LogP contribution in [0.2, 0.25) is 0 Å². The number of halogens is 1. The van der Waals surface area contributed by atoms with Gasteiger partial charge >= 0.3 is 0 Å². The van der Waals surface area contributed by atoms with E-state index in [1.165, 1.54) is 43.3 Å². The topological polar surface area (TPSA) is 58.6 Å². The number of hydrogen-bond donors (Lipinski definition) is 1. The first-order valence-electron chi connectivity index (χ1n) is 8.02. The lowest BCUT2D eigenvalue weighted by Gasteiger charge is -2.15. The number of ether oxygens (including phenoxy) is 1. The summed E-state index contributed by atoms with van der Waals surface area (Å²) in [6.45, 7) is 1.87. The fourth-order valence-electron chi connectivity index (χ4n) is 2.21. The van der Waals surface area contributed by atoms with Gasteiger partial charge in [-0.25, -0.2) is 4.39 Å². The minimum absolute atomic E-state index is 0.0893. The van der Waals surface area contributed by atoms with Crippen LogP contribution in [0, 0.1) is 12.7 Å². The smallest absolute Gasteiger partial charge is 0.246 e. The number of hydrogen-bond acceptors (Lipinski definition) is 3. The van der Waals surface area contributed by atoms with Crippen molar-refractivity contribution in [2.24, 2.45) is 0 Å². The van der Waals surface area contributed by atoms with Crippen LogP contribution in [0.5, 0.6) is 5.75 Å². The highest BCUT2D eigenvalue weighted by molar-refractivity contribution is 5.97. The summed E-state index contributed by atoms with van der Waals surface area (Å²) in [6, 6.07) is 11.8. The Kier molecular flexibility index (Phi) is 6.49. The van der Waals surface area contributed by atoms with Crippen LogP contribution in [-0.4, -0.2) is 37.4 Å². The fourth-order valence-corrected chi connectivity index (χ4v) is 2.21. The molecule has 1 N–H and O–H groups in total. The zero-order valence-electron chi connectivity index (χ0n) is 15.0. The van der Waals surface area contributed by atoms with Gasteiger partial charge in [-0.15, -0.1) is 0 Å². The molecule has 0 bridgehead atoms. The van der Waals surface area contributed by atoms with Crippen LogP contribution in [0.15, 0.2) is 48.5 Å². The summed E-state index contributed by atoms with van der Waals surface area (Å²) < 4.78 is 18.5. The normalized spacial score (nSPS) is 10.6. The van der Waals surface area contributed by atoms with Gasteiger partial charge in [-0.05, 0) is 42.8 Å². The van der Waals surface area contributed by atoms with Crippen LogP contribution in [0.3, 0.4) is 0 Å². The summed E-state index contributed by atoms with van der Waals surface area (Å²) >= 11 is 0. The van der Waals surface area contributed by atoms with Gasteiger partial charge in [0.2, 0.25) is 11.8 Å². The Labute approximate surface area is 152 Å². The van der Waals surface area contributed by atoms with Crippen molar-refractivity contribution in [3.63, 3.8) is 0 Å². The summed E-state index contributed by atoms with van der Waals surface area (Å²) in [5.74, 6) is -1.03. The van der Waals surface area contributed by atoms with Gasteiger partial charge < -0.3 is 15.0 Å². The molecular weight excluding hydrogens is 335 g/mol. The second-order valence-electron chi connectivity index (χ2n) is 5.84. The van der Waals surface area contributed by atoms with E-state index in [2.05, 4.69) is 5.32 Å². The number of carbonyl (C=O) groups excluding carboxylic acids is 2. The van der Waals surface area contributed by atoms with Crippen LogP contribution in [0.25, 0.3) is 6.08 Å². The Balaban J connectivity index is 1.91. The maximum atomic E-state index is 13.6. The van der Waals surface area contributed by atoms with Gasteiger partial charge in [-0.2, -0.15) is 0 Å². The fraction of sp³-hybridized carbons (Fsp3) is 0.200. The van der Waals surface area contributed by atoms with E-state index in [4.69, 9.17) is 4.74 Å². The van der Waals surface area contributed by atoms with Crippen LogP contribution in [-0.2, 0) is 9.59 Å². The highest BCUT2D eigenvalue weighted by Crippen LogP contribution is 2.18. The minimum atomic E-state index is -0.507. The zero-order chi connectivity index (χ0) is 19.1. The van der Waals surface area contributed by atoms with Gasteiger partial charge in [0.25, 0.3) is 0 Å². The maximum Gasteiger partial charge on any atom is 0.246 e.